The van der Waals surface area contributed by atoms with Crippen molar-refractivity contribution in [1.82, 2.24) is 4.76 Å². The largest absolute Gasteiger partial charge is 0.445 e. The SMILES string of the molecule is N=N[N+](OS(=O)(=O)O)(c1ccccc1)c1ccccc1. The van der Waals surface area contributed by atoms with Crippen LogP contribution in [0.15, 0.2) is 65.9 Å². The van der Waals surface area contributed by atoms with Crippen LogP contribution in [0.25, 0.3) is 0 Å². The van der Waals surface area contributed by atoms with Crippen molar-refractivity contribution in [2.45, 2.75) is 0 Å². The predicted molar refractivity (Wildman–Crippen MR) is 72.1 cm³/mol. The predicted octanol–water partition coefficient (Wildman–Crippen LogP) is 3.01. The van der Waals surface area contributed by atoms with Crippen LogP contribution in [0, 0.1) is 5.53 Å². The molecule has 0 bridgehead atoms. The van der Waals surface area contributed by atoms with E-state index in [1.807, 2.05) is 0 Å². The summed E-state index contributed by atoms with van der Waals surface area (Å²) in [4.78, 5) is 0. The fourth-order valence-electron chi connectivity index (χ4n) is 1.76. The van der Waals surface area contributed by atoms with E-state index in [2.05, 4.69) is 9.51 Å². The van der Waals surface area contributed by atoms with Crippen LogP contribution in [0.3, 0.4) is 0 Å². The van der Waals surface area contributed by atoms with Crippen molar-refractivity contribution in [1.29, 1.82) is 5.53 Å². The maximum atomic E-state index is 11.1. The van der Waals surface area contributed by atoms with Gasteiger partial charge in [0.05, 0.1) is 5.22 Å². The Morgan fingerprint density at radius 2 is 1.35 bits per heavy atom. The maximum Gasteiger partial charge on any atom is 0.445 e. The van der Waals surface area contributed by atoms with Crippen LogP contribution in [-0.4, -0.2) is 13.0 Å². The van der Waals surface area contributed by atoms with Gasteiger partial charge >= 0.3 is 10.4 Å². The highest BCUT2D eigenvalue weighted by atomic mass is 32.3. The van der Waals surface area contributed by atoms with Crippen LogP contribution in [0.4, 0.5) is 11.4 Å². The molecule has 2 aromatic carbocycles. The van der Waals surface area contributed by atoms with Crippen molar-refractivity contribution in [2.75, 3.05) is 0 Å². The van der Waals surface area contributed by atoms with Gasteiger partial charge in [-0.1, -0.05) is 36.4 Å². The Kier molecular flexibility index (Phi) is 3.91. The number of rotatable bonds is 5. The Morgan fingerprint density at radius 1 is 0.950 bits per heavy atom. The summed E-state index contributed by atoms with van der Waals surface area (Å²) >= 11 is 0. The van der Waals surface area contributed by atoms with Crippen LogP contribution in [0.2, 0.25) is 0 Å². The van der Waals surface area contributed by atoms with E-state index in [9.17, 15) is 8.42 Å². The molecule has 20 heavy (non-hydrogen) atoms. The molecule has 8 heteroatoms. The molecule has 2 aromatic rings. The molecule has 0 radical (unpaired) electrons. The first-order chi connectivity index (χ1) is 9.48. The van der Waals surface area contributed by atoms with E-state index in [0.29, 0.717) is 0 Å². The number of hydrogen-bond donors (Lipinski definition) is 2. The minimum atomic E-state index is -4.83. The van der Waals surface area contributed by atoms with Crippen LogP contribution in [0.5, 0.6) is 0 Å². The van der Waals surface area contributed by atoms with E-state index in [1.54, 1.807) is 36.4 Å². The second-order valence-corrected chi connectivity index (χ2v) is 4.85. The van der Waals surface area contributed by atoms with Gasteiger partial charge in [0.1, 0.15) is 0 Å². The van der Waals surface area contributed by atoms with Crippen molar-refractivity contribution in [2.24, 2.45) is 5.22 Å². The highest BCUT2D eigenvalue weighted by Crippen LogP contribution is 2.36. The second kappa shape index (κ2) is 5.47. The number of para-hydroxylation sites is 2. The monoisotopic (exact) mass is 294 g/mol. The molecule has 2 rings (SSSR count). The fraction of sp³-hybridized carbons (Fsp3) is 0. The van der Waals surface area contributed by atoms with Gasteiger partial charge in [-0.2, -0.15) is 13.9 Å². The Bertz CT molecular complexity index is 650. The maximum absolute atomic E-state index is 11.1. The summed E-state index contributed by atoms with van der Waals surface area (Å²) in [5, 5.41) is 3.27. The van der Waals surface area contributed by atoms with Gasteiger partial charge in [0.2, 0.25) is 11.4 Å². The molecule has 0 aliphatic carbocycles. The average Bonchev–Trinajstić information content (AvgIpc) is 2.46. The molecule has 104 valence electrons. The summed E-state index contributed by atoms with van der Waals surface area (Å²) in [6.45, 7) is 0. The Balaban J connectivity index is 2.68. The number of nitrogens with one attached hydrogen (secondary N) is 1. The third kappa shape index (κ3) is 2.89. The normalized spacial score (nSPS) is 12.1. The number of hydrogen-bond acceptors (Lipinski definition) is 5. The molecular formula is C12H12N3O4S+. The van der Waals surface area contributed by atoms with Gasteiger partial charge in [-0.25, -0.2) is 0 Å². The topological polar surface area (TPSA) is 99.8 Å². The minimum absolute atomic E-state index is 0.256. The van der Waals surface area contributed by atoms with E-state index in [1.165, 1.54) is 24.3 Å². The first-order valence-corrected chi connectivity index (χ1v) is 6.92. The van der Waals surface area contributed by atoms with E-state index in [-0.39, 0.29) is 11.4 Å². The highest BCUT2D eigenvalue weighted by molar-refractivity contribution is 7.80. The minimum Gasteiger partial charge on any atom is -0.260 e. The molecule has 0 spiro atoms. The van der Waals surface area contributed by atoms with Crippen molar-refractivity contribution in [3.05, 3.63) is 60.7 Å². The van der Waals surface area contributed by atoms with Crippen molar-refractivity contribution in [3.8, 4) is 0 Å². The lowest BCUT2D eigenvalue weighted by Crippen LogP contribution is -2.40. The van der Waals surface area contributed by atoms with E-state index >= 15 is 0 Å². The molecule has 0 aliphatic heterocycles. The third-order valence-electron chi connectivity index (χ3n) is 2.56. The summed E-state index contributed by atoms with van der Waals surface area (Å²) < 4.78 is 34.8. The van der Waals surface area contributed by atoms with E-state index in [0.717, 1.165) is 0 Å². The van der Waals surface area contributed by atoms with Gasteiger partial charge in [-0.05, 0) is 4.28 Å². The summed E-state index contributed by atoms with van der Waals surface area (Å²) in [6, 6.07) is 16.2. The van der Waals surface area contributed by atoms with Gasteiger partial charge in [0.15, 0.2) is 0 Å². The zero-order valence-corrected chi connectivity index (χ0v) is 11.1. The van der Waals surface area contributed by atoms with Crippen molar-refractivity contribution >= 4 is 21.8 Å². The highest BCUT2D eigenvalue weighted by Gasteiger charge is 2.42. The molecule has 2 N–H and O–H groups in total. The van der Waals surface area contributed by atoms with Crippen molar-refractivity contribution in [3.63, 3.8) is 0 Å². The Hall–Kier alpha value is -2.13. The molecule has 7 nitrogen and oxygen atoms in total. The average molecular weight is 294 g/mol. The number of nitrogens with zero attached hydrogens (tertiary/aromatic N) is 2. The van der Waals surface area contributed by atoms with Crippen molar-refractivity contribution < 1.29 is 17.3 Å². The molecule has 0 unspecified atom stereocenters. The second-order valence-electron chi connectivity index (χ2n) is 3.85. The quantitative estimate of drug-likeness (QED) is 0.383. The smallest absolute Gasteiger partial charge is 0.260 e. The van der Waals surface area contributed by atoms with Gasteiger partial charge in [0.25, 0.3) is 0 Å². The summed E-state index contributed by atoms with van der Waals surface area (Å²) in [5.74, 6) is 0. The molecule has 0 saturated carbocycles. The van der Waals surface area contributed by atoms with Crippen LogP contribution >= 0.6 is 0 Å². The molecule has 0 atom stereocenters. The van der Waals surface area contributed by atoms with E-state index < -0.39 is 15.2 Å². The summed E-state index contributed by atoms with van der Waals surface area (Å²) in [7, 11) is -4.83. The third-order valence-corrected chi connectivity index (χ3v) is 2.96. The van der Waals surface area contributed by atoms with Gasteiger partial charge in [-0.3, -0.25) is 4.55 Å². The molecule has 0 aromatic heterocycles. The number of quaternary nitrogens is 1. The summed E-state index contributed by atoms with van der Waals surface area (Å²) in [5.41, 5.74) is 7.87. The first-order valence-electron chi connectivity index (χ1n) is 5.56. The van der Waals surface area contributed by atoms with Crippen LogP contribution < -0.4 is 4.76 Å². The molecule has 0 saturated heterocycles. The van der Waals surface area contributed by atoms with Crippen LogP contribution in [0.1, 0.15) is 0 Å². The zero-order chi connectivity index (χ0) is 14.6. The lowest BCUT2D eigenvalue weighted by Gasteiger charge is -2.23. The van der Waals surface area contributed by atoms with Gasteiger partial charge in [0, 0.05) is 29.0 Å². The van der Waals surface area contributed by atoms with Gasteiger partial charge in [-0.15, -0.1) is 0 Å². The lowest BCUT2D eigenvalue weighted by molar-refractivity contribution is -0.00515. The molecule has 0 amide bonds. The van der Waals surface area contributed by atoms with Crippen LogP contribution in [-0.2, 0) is 14.7 Å². The zero-order valence-electron chi connectivity index (χ0n) is 10.2. The fourth-order valence-corrected chi connectivity index (χ4v) is 2.24. The summed E-state index contributed by atoms with van der Waals surface area (Å²) in [6.07, 6.45) is 0. The first kappa shape index (κ1) is 14.3. The molecular weight excluding hydrogens is 282 g/mol. The Labute approximate surface area is 116 Å². The lowest BCUT2D eigenvalue weighted by atomic mass is 10.2. The standard InChI is InChI=1S/C12H11N3O4S/c13-14-15(19-20(16,17)18,11-7-3-1-4-8-11)12-9-5-2-6-10-12/h1-10,13H/p+1. The molecule has 0 fully saturated rings. The Morgan fingerprint density at radius 3 is 1.65 bits per heavy atom. The number of benzene rings is 2. The molecule has 0 heterocycles. The van der Waals surface area contributed by atoms with Gasteiger partial charge < -0.3 is 0 Å². The van der Waals surface area contributed by atoms with E-state index in [4.69, 9.17) is 10.1 Å². The molecule has 0 aliphatic rings.